The van der Waals surface area contributed by atoms with E-state index in [0.717, 1.165) is 24.5 Å². The minimum atomic E-state index is -0.795. The fourth-order valence-corrected chi connectivity index (χ4v) is 4.65. The first-order valence-corrected chi connectivity index (χ1v) is 12.2. The van der Waals surface area contributed by atoms with Crippen LogP contribution in [0.1, 0.15) is 70.7 Å². The van der Waals surface area contributed by atoms with Crippen molar-refractivity contribution in [2.75, 3.05) is 13.1 Å². The maximum Gasteiger partial charge on any atom is 0.306 e. The van der Waals surface area contributed by atoms with Crippen molar-refractivity contribution in [3.8, 4) is 5.75 Å². The summed E-state index contributed by atoms with van der Waals surface area (Å²) < 4.78 is 20.3. The van der Waals surface area contributed by atoms with Crippen molar-refractivity contribution in [3.63, 3.8) is 0 Å². The van der Waals surface area contributed by atoms with Gasteiger partial charge in [-0.15, -0.1) is 0 Å². The second-order valence-corrected chi connectivity index (χ2v) is 9.50. The van der Waals surface area contributed by atoms with Gasteiger partial charge in [-0.05, 0) is 74.3 Å². The zero-order valence-electron chi connectivity index (χ0n) is 19.2. The van der Waals surface area contributed by atoms with E-state index in [0.29, 0.717) is 47.9 Å². The first-order chi connectivity index (χ1) is 16.8. The number of carbonyl (C=O) groups is 3. The molecule has 2 aliphatic carbocycles. The van der Waals surface area contributed by atoms with Crippen LogP contribution in [0, 0.1) is 11.7 Å². The molecule has 2 fully saturated rings. The average molecular weight is 503 g/mol. The van der Waals surface area contributed by atoms with Gasteiger partial charge in [0, 0.05) is 29.7 Å². The molecule has 0 unspecified atom stereocenters. The number of hydrogen-bond donors (Lipinski definition) is 3. The van der Waals surface area contributed by atoms with Gasteiger partial charge in [0.05, 0.1) is 17.6 Å². The second-order valence-electron chi connectivity index (χ2n) is 9.09. The van der Waals surface area contributed by atoms with Crippen molar-refractivity contribution in [1.29, 1.82) is 0 Å². The normalized spacial score (nSPS) is 19.6. The van der Waals surface area contributed by atoms with Gasteiger partial charge in [0.1, 0.15) is 11.6 Å². The van der Waals surface area contributed by atoms with Crippen molar-refractivity contribution in [1.82, 2.24) is 10.6 Å². The third-order valence-corrected chi connectivity index (χ3v) is 6.81. The Morgan fingerprint density at radius 3 is 2.23 bits per heavy atom. The van der Waals surface area contributed by atoms with Crippen LogP contribution >= 0.6 is 11.6 Å². The van der Waals surface area contributed by atoms with Gasteiger partial charge in [0.2, 0.25) is 0 Å². The van der Waals surface area contributed by atoms with E-state index in [1.807, 2.05) is 6.07 Å². The van der Waals surface area contributed by atoms with Crippen LogP contribution < -0.4 is 15.4 Å². The quantitative estimate of drug-likeness (QED) is 0.437. The van der Waals surface area contributed by atoms with Crippen LogP contribution in [0.25, 0.3) is 0 Å². The Morgan fingerprint density at radius 1 is 0.943 bits per heavy atom. The van der Waals surface area contributed by atoms with Crippen LogP contribution in [0.2, 0.25) is 5.02 Å². The second kappa shape index (κ2) is 11.1. The summed E-state index contributed by atoms with van der Waals surface area (Å²) in [6.07, 6.45) is 4.30. The van der Waals surface area contributed by atoms with E-state index in [2.05, 4.69) is 10.6 Å². The van der Waals surface area contributed by atoms with Gasteiger partial charge in [-0.3, -0.25) is 14.4 Å². The summed E-state index contributed by atoms with van der Waals surface area (Å²) in [6.45, 7) is 0.303. The molecule has 2 amide bonds. The first-order valence-electron chi connectivity index (χ1n) is 11.9. The summed E-state index contributed by atoms with van der Waals surface area (Å²) in [4.78, 5) is 35.7. The molecule has 0 atom stereocenters. The zero-order valence-corrected chi connectivity index (χ0v) is 19.9. The molecule has 2 aliphatic rings. The first kappa shape index (κ1) is 25.0. The number of amides is 2. The largest absolute Gasteiger partial charge is 0.490 e. The molecule has 35 heavy (non-hydrogen) atoms. The third-order valence-electron chi connectivity index (χ3n) is 6.49. The molecule has 0 aromatic heterocycles. The molecule has 0 bridgehead atoms. The number of hydrogen-bond acceptors (Lipinski definition) is 4. The molecular formula is C26H28ClFN2O5. The number of aliphatic carboxylic acids is 1. The third kappa shape index (κ3) is 6.51. The van der Waals surface area contributed by atoms with E-state index >= 15 is 0 Å². The molecule has 0 aliphatic heterocycles. The van der Waals surface area contributed by atoms with Crippen molar-refractivity contribution in [2.24, 2.45) is 5.92 Å². The molecule has 2 aromatic rings. The van der Waals surface area contributed by atoms with Crippen molar-refractivity contribution in [2.45, 2.75) is 50.5 Å². The molecular weight excluding hydrogens is 475 g/mol. The van der Waals surface area contributed by atoms with Crippen LogP contribution in [0.3, 0.4) is 0 Å². The van der Waals surface area contributed by atoms with Gasteiger partial charge >= 0.3 is 5.97 Å². The van der Waals surface area contributed by atoms with Gasteiger partial charge in [-0.2, -0.15) is 0 Å². The number of rotatable bonds is 9. The fourth-order valence-electron chi connectivity index (χ4n) is 4.32. The lowest BCUT2D eigenvalue weighted by molar-refractivity contribution is -0.143. The Morgan fingerprint density at radius 2 is 1.63 bits per heavy atom. The Bertz CT molecular complexity index is 1110. The van der Waals surface area contributed by atoms with Crippen LogP contribution in [0.4, 0.5) is 4.39 Å². The van der Waals surface area contributed by atoms with Gasteiger partial charge in [0.25, 0.3) is 11.8 Å². The van der Waals surface area contributed by atoms with Crippen molar-refractivity contribution in [3.05, 3.63) is 63.9 Å². The summed E-state index contributed by atoms with van der Waals surface area (Å²) in [5.41, 5.74) is 1.39. The van der Waals surface area contributed by atoms with Gasteiger partial charge in [-0.25, -0.2) is 4.39 Å². The highest BCUT2D eigenvalue weighted by Gasteiger charge is 2.27. The topological polar surface area (TPSA) is 105 Å². The minimum absolute atomic E-state index is 0.124. The van der Waals surface area contributed by atoms with E-state index in [9.17, 15) is 18.8 Å². The number of nitrogens with one attached hydrogen (secondary N) is 2. The number of carboxylic acids is 1. The van der Waals surface area contributed by atoms with Gasteiger partial charge < -0.3 is 20.5 Å². The predicted octanol–water partition coefficient (Wildman–Crippen LogP) is 4.54. The van der Waals surface area contributed by atoms with Crippen molar-refractivity contribution < 1.29 is 28.6 Å². The van der Waals surface area contributed by atoms with Crippen LogP contribution in [-0.2, 0) is 4.79 Å². The Labute approximate surface area is 208 Å². The molecule has 0 radical (unpaired) electrons. The number of halogens is 2. The summed E-state index contributed by atoms with van der Waals surface area (Å²) >= 11 is 6.27. The van der Waals surface area contributed by atoms with E-state index in [4.69, 9.17) is 21.4 Å². The maximum absolute atomic E-state index is 14.5. The van der Waals surface area contributed by atoms with Crippen LogP contribution in [-0.4, -0.2) is 42.1 Å². The molecule has 2 aromatic carbocycles. The van der Waals surface area contributed by atoms with E-state index in [1.54, 1.807) is 12.1 Å². The standard InChI is InChI=1S/C26H28ClFN2O5/c27-22-13-17(5-9-20(22)15-1-2-15)24(31)29-11-12-30-25(32)21-10-8-19(14-23(21)28)35-18-6-3-16(4-7-18)26(33)34/h5,8-10,13-16,18H,1-4,6-7,11-12H2,(H,29,31)(H,30,32)(H,33,34)/t16-,18+. The molecule has 9 heteroatoms. The highest BCUT2D eigenvalue weighted by atomic mass is 35.5. The smallest absolute Gasteiger partial charge is 0.306 e. The van der Waals surface area contributed by atoms with Crippen LogP contribution in [0.15, 0.2) is 36.4 Å². The summed E-state index contributed by atoms with van der Waals surface area (Å²) in [7, 11) is 0. The molecule has 0 heterocycles. The lowest BCUT2D eigenvalue weighted by Gasteiger charge is -2.26. The Hall–Kier alpha value is -3.13. The highest BCUT2D eigenvalue weighted by molar-refractivity contribution is 6.31. The summed E-state index contributed by atoms with van der Waals surface area (Å²) in [5, 5.41) is 15.0. The minimum Gasteiger partial charge on any atom is -0.490 e. The average Bonchev–Trinajstić information content (AvgIpc) is 3.67. The lowest BCUT2D eigenvalue weighted by Crippen LogP contribution is -2.35. The molecule has 186 valence electrons. The van der Waals surface area contributed by atoms with Gasteiger partial charge in [-0.1, -0.05) is 17.7 Å². The molecule has 2 saturated carbocycles. The molecule has 0 spiro atoms. The number of benzene rings is 2. The highest BCUT2D eigenvalue weighted by Crippen LogP contribution is 2.43. The molecule has 7 nitrogen and oxygen atoms in total. The summed E-state index contributed by atoms with van der Waals surface area (Å²) in [5.74, 6) is -1.96. The summed E-state index contributed by atoms with van der Waals surface area (Å²) in [6, 6.07) is 9.32. The SMILES string of the molecule is O=C(NCCNC(=O)c1ccc(O[C@H]2CC[C@@H](C(=O)O)CC2)cc1F)c1ccc(C2CC2)c(Cl)c1. The number of carbonyl (C=O) groups excluding carboxylic acids is 2. The number of ether oxygens (including phenoxy) is 1. The lowest BCUT2D eigenvalue weighted by atomic mass is 9.87. The molecule has 4 rings (SSSR count). The van der Waals surface area contributed by atoms with Crippen LogP contribution in [0.5, 0.6) is 5.75 Å². The molecule has 3 N–H and O–H groups in total. The van der Waals surface area contributed by atoms with E-state index in [1.165, 1.54) is 12.1 Å². The molecule has 0 saturated heterocycles. The van der Waals surface area contributed by atoms with Crippen molar-refractivity contribution >= 4 is 29.4 Å². The maximum atomic E-state index is 14.5. The predicted molar refractivity (Wildman–Crippen MR) is 129 cm³/mol. The number of carboxylic acid groups (broad SMARTS) is 1. The fraction of sp³-hybridized carbons (Fsp3) is 0.423. The monoisotopic (exact) mass is 502 g/mol. The zero-order chi connectivity index (χ0) is 24.9. The Balaban J connectivity index is 1.21. The van der Waals surface area contributed by atoms with E-state index < -0.39 is 17.7 Å². The van der Waals surface area contributed by atoms with Gasteiger partial charge in [0.15, 0.2) is 0 Å². The van der Waals surface area contributed by atoms with E-state index in [-0.39, 0.29) is 36.6 Å². The Kier molecular flexibility index (Phi) is 7.90.